The minimum absolute atomic E-state index is 0.264. The first-order valence-corrected chi connectivity index (χ1v) is 7.13. The van der Waals surface area contributed by atoms with E-state index in [0.29, 0.717) is 37.2 Å². The van der Waals surface area contributed by atoms with Gasteiger partial charge in [0, 0.05) is 24.0 Å². The topological polar surface area (TPSA) is 52.6 Å². The number of esters is 2. The number of benzene rings is 1. The van der Waals surface area contributed by atoms with Crippen LogP contribution in [0.25, 0.3) is 0 Å². The van der Waals surface area contributed by atoms with E-state index in [2.05, 4.69) is 0 Å². The SMILES string of the molecule is CCC(=O)Oc1ccc(OC(=O)CC)c(CC)c1CC. The molecule has 0 unspecified atom stereocenters. The summed E-state index contributed by atoms with van der Waals surface area (Å²) in [6, 6.07) is 3.40. The fourth-order valence-corrected chi connectivity index (χ4v) is 2.01. The van der Waals surface area contributed by atoms with Crippen molar-refractivity contribution in [3.8, 4) is 11.5 Å². The third-order valence-corrected chi connectivity index (χ3v) is 3.08. The van der Waals surface area contributed by atoms with Crippen LogP contribution in [0.2, 0.25) is 0 Å². The van der Waals surface area contributed by atoms with Crippen LogP contribution >= 0.6 is 0 Å². The molecule has 1 aromatic carbocycles. The number of rotatable bonds is 6. The number of hydrogen-bond acceptors (Lipinski definition) is 4. The molecule has 0 bridgehead atoms. The Morgan fingerprint density at radius 3 is 1.40 bits per heavy atom. The van der Waals surface area contributed by atoms with Gasteiger partial charge in [0.1, 0.15) is 11.5 Å². The molecule has 20 heavy (non-hydrogen) atoms. The third kappa shape index (κ3) is 3.83. The maximum absolute atomic E-state index is 11.5. The maximum Gasteiger partial charge on any atom is 0.310 e. The summed E-state index contributed by atoms with van der Waals surface area (Å²) >= 11 is 0. The third-order valence-electron chi connectivity index (χ3n) is 3.08. The fraction of sp³-hybridized carbons (Fsp3) is 0.500. The quantitative estimate of drug-likeness (QED) is 0.591. The van der Waals surface area contributed by atoms with E-state index in [1.54, 1.807) is 26.0 Å². The molecule has 0 aliphatic carbocycles. The van der Waals surface area contributed by atoms with Crippen molar-refractivity contribution in [2.75, 3.05) is 0 Å². The zero-order chi connectivity index (χ0) is 15.1. The molecule has 0 spiro atoms. The van der Waals surface area contributed by atoms with Crippen molar-refractivity contribution in [2.45, 2.75) is 53.4 Å². The minimum atomic E-state index is -0.264. The second kappa shape index (κ2) is 7.68. The molecule has 110 valence electrons. The van der Waals surface area contributed by atoms with Crippen LogP contribution in [-0.4, -0.2) is 11.9 Å². The highest BCUT2D eigenvalue weighted by atomic mass is 16.5. The summed E-state index contributed by atoms with van der Waals surface area (Å²) in [4.78, 5) is 22.9. The van der Waals surface area contributed by atoms with Crippen molar-refractivity contribution in [2.24, 2.45) is 0 Å². The first kappa shape index (κ1) is 16.2. The molecule has 0 aliphatic heterocycles. The molecule has 0 atom stereocenters. The van der Waals surface area contributed by atoms with E-state index in [1.807, 2.05) is 13.8 Å². The van der Waals surface area contributed by atoms with E-state index in [0.717, 1.165) is 11.1 Å². The second-order valence-corrected chi connectivity index (χ2v) is 4.38. The number of carbonyl (C=O) groups is 2. The molecule has 0 fully saturated rings. The van der Waals surface area contributed by atoms with Crippen LogP contribution in [0.15, 0.2) is 12.1 Å². The molecule has 1 rings (SSSR count). The number of carbonyl (C=O) groups excluding carboxylic acids is 2. The van der Waals surface area contributed by atoms with Crippen LogP contribution in [0, 0.1) is 0 Å². The van der Waals surface area contributed by atoms with E-state index in [-0.39, 0.29) is 11.9 Å². The summed E-state index contributed by atoms with van der Waals surface area (Å²) in [6.07, 6.45) is 2.09. The lowest BCUT2D eigenvalue weighted by atomic mass is 10.0. The summed E-state index contributed by atoms with van der Waals surface area (Å²) in [5.74, 6) is 0.597. The molecule has 0 amide bonds. The highest BCUT2D eigenvalue weighted by molar-refractivity contribution is 5.74. The van der Waals surface area contributed by atoms with E-state index >= 15 is 0 Å². The Balaban J connectivity index is 3.18. The summed E-state index contributed by atoms with van der Waals surface area (Å²) in [5.41, 5.74) is 1.85. The van der Waals surface area contributed by atoms with Crippen molar-refractivity contribution in [1.29, 1.82) is 0 Å². The van der Waals surface area contributed by atoms with Gasteiger partial charge < -0.3 is 9.47 Å². The van der Waals surface area contributed by atoms with Gasteiger partial charge in [0.05, 0.1) is 0 Å². The number of ether oxygens (including phenoxy) is 2. The lowest BCUT2D eigenvalue weighted by Crippen LogP contribution is -2.11. The van der Waals surface area contributed by atoms with Gasteiger partial charge in [0.2, 0.25) is 0 Å². The van der Waals surface area contributed by atoms with Crippen molar-refractivity contribution >= 4 is 11.9 Å². The minimum Gasteiger partial charge on any atom is -0.426 e. The van der Waals surface area contributed by atoms with E-state index in [1.165, 1.54) is 0 Å². The van der Waals surface area contributed by atoms with Gasteiger partial charge in [-0.3, -0.25) is 9.59 Å². The van der Waals surface area contributed by atoms with Crippen LogP contribution < -0.4 is 9.47 Å². The first-order valence-electron chi connectivity index (χ1n) is 7.13. The van der Waals surface area contributed by atoms with Crippen molar-refractivity contribution < 1.29 is 19.1 Å². The Labute approximate surface area is 120 Å². The Bertz CT molecular complexity index is 446. The van der Waals surface area contributed by atoms with Gasteiger partial charge >= 0.3 is 11.9 Å². The average molecular weight is 278 g/mol. The molecule has 0 heterocycles. The molecular formula is C16H22O4. The molecule has 0 aliphatic rings. The second-order valence-electron chi connectivity index (χ2n) is 4.38. The summed E-state index contributed by atoms with van der Waals surface area (Å²) in [7, 11) is 0. The molecule has 0 radical (unpaired) electrons. The van der Waals surface area contributed by atoms with Gasteiger partial charge in [-0.05, 0) is 25.0 Å². The van der Waals surface area contributed by atoms with Gasteiger partial charge in [-0.2, -0.15) is 0 Å². The van der Waals surface area contributed by atoms with Gasteiger partial charge in [-0.25, -0.2) is 0 Å². The Hall–Kier alpha value is -1.84. The first-order chi connectivity index (χ1) is 9.57. The Kier molecular flexibility index (Phi) is 6.22. The van der Waals surface area contributed by atoms with Gasteiger partial charge in [-0.15, -0.1) is 0 Å². The largest absolute Gasteiger partial charge is 0.426 e. The van der Waals surface area contributed by atoms with Crippen LogP contribution in [-0.2, 0) is 22.4 Å². The fourth-order valence-electron chi connectivity index (χ4n) is 2.01. The van der Waals surface area contributed by atoms with Gasteiger partial charge in [0.25, 0.3) is 0 Å². The molecule has 4 nitrogen and oxygen atoms in total. The number of hydrogen-bond donors (Lipinski definition) is 0. The zero-order valence-corrected chi connectivity index (χ0v) is 12.6. The molecule has 1 aromatic rings. The predicted octanol–water partition coefficient (Wildman–Crippen LogP) is 3.44. The highest BCUT2D eigenvalue weighted by Gasteiger charge is 2.16. The average Bonchev–Trinajstić information content (AvgIpc) is 2.47. The molecule has 0 N–H and O–H groups in total. The van der Waals surface area contributed by atoms with Gasteiger partial charge in [-0.1, -0.05) is 27.7 Å². The molecule has 0 saturated carbocycles. The van der Waals surface area contributed by atoms with E-state index < -0.39 is 0 Å². The zero-order valence-electron chi connectivity index (χ0n) is 12.6. The van der Waals surface area contributed by atoms with Crippen molar-refractivity contribution in [1.82, 2.24) is 0 Å². The normalized spacial score (nSPS) is 10.2. The monoisotopic (exact) mass is 278 g/mol. The smallest absolute Gasteiger partial charge is 0.310 e. The van der Waals surface area contributed by atoms with E-state index in [4.69, 9.17) is 9.47 Å². The molecular weight excluding hydrogens is 256 g/mol. The van der Waals surface area contributed by atoms with Crippen LogP contribution in [0.3, 0.4) is 0 Å². The van der Waals surface area contributed by atoms with Crippen LogP contribution in [0.5, 0.6) is 11.5 Å². The molecule has 0 saturated heterocycles. The molecule has 0 aromatic heterocycles. The lowest BCUT2D eigenvalue weighted by molar-refractivity contribution is -0.135. The Morgan fingerprint density at radius 1 is 0.800 bits per heavy atom. The lowest BCUT2D eigenvalue weighted by Gasteiger charge is -2.16. The van der Waals surface area contributed by atoms with Crippen LogP contribution in [0.1, 0.15) is 51.7 Å². The predicted molar refractivity (Wildman–Crippen MR) is 77.1 cm³/mol. The van der Waals surface area contributed by atoms with Crippen molar-refractivity contribution in [3.63, 3.8) is 0 Å². The van der Waals surface area contributed by atoms with Gasteiger partial charge in [0.15, 0.2) is 0 Å². The highest BCUT2D eigenvalue weighted by Crippen LogP contribution is 2.32. The van der Waals surface area contributed by atoms with Crippen LogP contribution in [0.4, 0.5) is 0 Å². The summed E-state index contributed by atoms with van der Waals surface area (Å²) in [6.45, 7) is 7.49. The summed E-state index contributed by atoms with van der Waals surface area (Å²) < 4.78 is 10.7. The maximum atomic E-state index is 11.5. The Morgan fingerprint density at radius 2 is 1.15 bits per heavy atom. The molecule has 4 heteroatoms. The van der Waals surface area contributed by atoms with Crippen molar-refractivity contribution in [3.05, 3.63) is 23.3 Å². The summed E-state index contributed by atoms with van der Waals surface area (Å²) in [5, 5.41) is 0. The van der Waals surface area contributed by atoms with E-state index in [9.17, 15) is 9.59 Å². The standard InChI is InChI=1S/C16H22O4/c1-5-11-12(6-2)14(20-16(18)8-4)10-9-13(11)19-15(17)7-3/h9-10H,5-8H2,1-4H3.